The number of esters is 1. The van der Waals surface area contributed by atoms with Crippen molar-refractivity contribution in [2.75, 3.05) is 12.0 Å². The second kappa shape index (κ2) is 7.81. The number of hydrogen-bond acceptors (Lipinski definition) is 5. The molecular weight excluding hydrogens is 384 g/mol. The lowest BCUT2D eigenvalue weighted by Gasteiger charge is -2.55. The molecule has 0 unspecified atom stereocenters. The number of carbonyl (C=O) groups is 2. The van der Waals surface area contributed by atoms with Crippen molar-refractivity contribution in [2.24, 2.45) is 34.2 Å². The molecule has 0 saturated heterocycles. The maximum atomic E-state index is 13.4. The van der Waals surface area contributed by atoms with Crippen LogP contribution in [0, 0.1) is 17.8 Å². The smallest absolute Gasteiger partial charge is 0.415 e. The van der Waals surface area contributed by atoms with Gasteiger partial charge in [0, 0.05) is 5.69 Å². The average Bonchev–Trinajstić information content (AvgIpc) is 2.66. The fourth-order valence-corrected chi connectivity index (χ4v) is 5.99. The molecule has 1 amide bonds. The van der Waals surface area contributed by atoms with Crippen molar-refractivity contribution in [3.05, 3.63) is 24.3 Å². The Morgan fingerprint density at radius 2 is 1.60 bits per heavy atom. The Bertz CT molecular complexity index is 812. The number of nitrogens with zero attached hydrogens (tertiary/aromatic N) is 2. The Hall–Kier alpha value is -2.77. The number of aliphatic imine (C=N–C) groups is 1. The summed E-state index contributed by atoms with van der Waals surface area (Å²) in [6.07, 6.45) is 6.03. The van der Waals surface area contributed by atoms with Gasteiger partial charge >= 0.3 is 12.1 Å². The van der Waals surface area contributed by atoms with E-state index in [1.807, 2.05) is 0 Å². The zero-order valence-electron chi connectivity index (χ0n) is 17.5. The second-order valence-corrected chi connectivity index (χ2v) is 9.09. The molecule has 8 nitrogen and oxygen atoms in total. The Kier molecular flexibility index (Phi) is 5.34. The lowest BCUT2D eigenvalue weighted by atomic mass is 9.54. The second-order valence-electron chi connectivity index (χ2n) is 9.09. The molecule has 4 aliphatic carbocycles. The molecule has 0 spiro atoms. The summed E-state index contributed by atoms with van der Waals surface area (Å²) in [6.45, 7) is 1.64. The maximum absolute atomic E-state index is 13.4. The van der Waals surface area contributed by atoms with Crippen LogP contribution in [0.3, 0.4) is 0 Å². The molecule has 4 fully saturated rings. The molecule has 4 aliphatic rings. The van der Waals surface area contributed by atoms with E-state index in [9.17, 15) is 9.59 Å². The first-order chi connectivity index (χ1) is 14.3. The molecule has 0 aliphatic heterocycles. The SMILES string of the molecule is COC(=O)[C@H](C)N(C(=O)OC12CC3CC(CC(C3)C1)C2)c1ccc(N=C(N)N)cc1. The normalized spacial score (nSPS) is 29.7. The van der Waals surface area contributed by atoms with Crippen LogP contribution in [0.25, 0.3) is 0 Å². The third-order valence-electron chi connectivity index (χ3n) is 6.80. The number of nitrogens with two attached hydrogens (primary N) is 2. The standard InChI is InChI=1S/C22H30N4O4/c1-13(19(27)29-2)26(18-5-3-17(4-6-18)25-20(23)24)21(28)30-22-10-14-7-15(11-22)9-16(8-14)12-22/h3-6,13-16H,7-12H2,1-2H3,(H4,23,24,25)/t13-,14?,15?,16?,22?/m0/s1. The largest absolute Gasteiger partial charge is 0.467 e. The quantitative estimate of drug-likeness (QED) is 0.434. The van der Waals surface area contributed by atoms with E-state index in [4.69, 9.17) is 20.9 Å². The molecule has 1 aromatic rings. The van der Waals surface area contributed by atoms with Crippen molar-refractivity contribution >= 4 is 29.4 Å². The summed E-state index contributed by atoms with van der Waals surface area (Å²) in [6, 6.07) is 5.93. The zero-order chi connectivity index (χ0) is 21.5. The number of hydrogen-bond donors (Lipinski definition) is 2. The summed E-state index contributed by atoms with van der Waals surface area (Å²) >= 11 is 0. The highest BCUT2D eigenvalue weighted by Crippen LogP contribution is 2.57. The summed E-state index contributed by atoms with van der Waals surface area (Å²) in [4.78, 5) is 31.0. The molecule has 4 bridgehead atoms. The Balaban J connectivity index is 1.59. The summed E-state index contributed by atoms with van der Waals surface area (Å²) in [7, 11) is 1.31. The first kappa shape index (κ1) is 20.5. The Morgan fingerprint density at radius 1 is 1.07 bits per heavy atom. The predicted octanol–water partition coefficient (Wildman–Crippen LogP) is 3.06. The molecule has 0 aromatic heterocycles. The molecule has 0 heterocycles. The van der Waals surface area contributed by atoms with Crippen LogP contribution in [-0.2, 0) is 14.3 Å². The van der Waals surface area contributed by atoms with E-state index >= 15 is 0 Å². The van der Waals surface area contributed by atoms with Crippen molar-refractivity contribution in [3.8, 4) is 0 Å². The number of amides is 1. The molecule has 4 saturated carbocycles. The van der Waals surface area contributed by atoms with Gasteiger partial charge in [-0.2, -0.15) is 0 Å². The maximum Gasteiger partial charge on any atom is 0.415 e. The highest BCUT2D eigenvalue weighted by atomic mass is 16.6. The van der Waals surface area contributed by atoms with Gasteiger partial charge in [0.05, 0.1) is 12.8 Å². The lowest BCUT2D eigenvalue weighted by molar-refractivity contribution is -0.143. The van der Waals surface area contributed by atoms with Gasteiger partial charge in [0.1, 0.15) is 11.6 Å². The van der Waals surface area contributed by atoms with Crippen molar-refractivity contribution in [3.63, 3.8) is 0 Å². The highest BCUT2D eigenvalue weighted by Gasteiger charge is 2.53. The van der Waals surface area contributed by atoms with Crippen LogP contribution < -0.4 is 16.4 Å². The first-order valence-electron chi connectivity index (χ1n) is 10.6. The number of rotatable bonds is 5. The fraction of sp³-hybridized carbons (Fsp3) is 0.591. The number of ether oxygens (including phenoxy) is 2. The molecule has 4 N–H and O–H groups in total. The monoisotopic (exact) mass is 414 g/mol. The van der Waals surface area contributed by atoms with Crippen LogP contribution in [0.5, 0.6) is 0 Å². The molecule has 30 heavy (non-hydrogen) atoms. The minimum Gasteiger partial charge on any atom is -0.467 e. The molecule has 1 aromatic carbocycles. The van der Waals surface area contributed by atoms with Crippen LogP contribution in [0.15, 0.2) is 29.3 Å². The van der Waals surface area contributed by atoms with Gasteiger partial charge in [-0.05, 0) is 87.5 Å². The highest BCUT2D eigenvalue weighted by molar-refractivity contribution is 5.95. The first-order valence-corrected chi connectivity index (χ1v) is 10.6. The van der Waals surface area contributed by atoms with Crippen molar-refractivity contribution in [2.45, 2.75) is 57.1 Å². The van der Waals surface area contributed by atoms with Crippen LogP contribution in [0.4, 0.5) is 16.2 Å². The molecule has 5 rings (SSSR count). The van der Waals surface area contributed by atoms with Crippen molar-refractivity contribution < 1.29 is 19.1 Å². The molecule has 8 heteroatoms. The van der Waals surface area contributed by atoms with Crippen LogP contribution in [0.2, 0.25) is 0 Å². The topological polar surface area (TPSA) is 120 Å². The van der Waals surface area contributed by atoms with Gasteiger partial charge < -0.3 is 20.9 Å². The summed E-state index contributed by atoms with van der Waals surface area (Å²) in [5, 5.41) is 0. The number of anilines is 1. The Morgan fingerprint density at radius 3 is 2.07 bits per heavy atom. The van der Waals surface area contributed by atoms with Gasteiger partial charge in [0.15, 0.2) is 5.96 Å². The van der Waals surface area contributed by atoms with Gasteiger partial charge in [-0.25, -0.2) is 14.6 Å². The van der Waals surface area contributed by atoms with Gasteiger partial charge in [-0.1, -0.05) is 0 Å². The number of methoxy groups -OCH3 is 1. The van der Waals surface area contributed by atoms with Crippen molar-refractivity contribution in [1.82, 2.24) is 0 Å². The minimum atomic E-state index is -0.828. The predicted molar refractivity (Wildman–Crippen MR) is 113 cm³/mol. The van der Waals surface area contributed by atoms with E-state index < -0.39 is 23.7 Å². The van der Waals surface area contributed by atoms with Gasteiger partial charge in [0.25, 0.3) is 0 Å². The molecular formula is C22H30N4O4. The number of carbonyl (C=O) groups excluding carboxylic acids is 2. The van der Waals surface area contributed by atoms with E-state index in [-0.39, 0.29) is 5.96 Å². The molecule has 1 atom stereocenters. The van der Waals surface area contributed by atoms with Crippen molar-refractivity contribution in [1.29, 1.82) is 0 Å². The van der Waals surface area contributed by atoms with E-state index in [2.05, 4.69) is 4.99 Å². The summed E-state index contributed by atoms with van der Waals surface area (Å²) < 4.78 is 11.1. The van der Waals surface area contributed by atoms with E-state index in [1.54, 1.807) is 31.2 Å². The molecule has 0 radical (unpaired) electrons. The van der Waals surface area contributed by atoms with Crippen LogP contribution >= 0.6 is 0 Å². The van der Waals surface area contributed by atoms with Crippen LogP contribution in [-0.4, -0.2) is 36.8 Å². The summed E-state index contributed by atoms with van der Waals surface area (Å²) in [5.74, 6) is 1.38. The number of benzene rings is 1. The molecule has 162 valence electrons. The third kappa shape index (κ3) is 3.95. The van der Waals surface area contributed by atoms with Gasteiger partial charge in [-0.3, -0.25) is 4.90 Å². The average molecular weight is 415 g/mol. The Labute approximate surface area is 176 Å². The third-order valence-corrected chi connectivity index (χ3v) is 6.80. The van der Waals surface area contributed by atoms with E-state index in [1.165, 1.54) is 31.3 Å². The fourth-order valence-electron chi connectivity index (χ4n) is 5.99. The number of guanidine groups is 1. The zero-order valence-corrected chi connectivity index (χ0v) is 17.5. The van der Waals surface area contributed by atoms with Crippen LogP contribution in [0.1, 0.15) is 45.4 Å². The van der Waals surface area contributed by atoms with Gasteiger partial charge in [0.2, 0.25) is 0 Å². The lowest BCUT2D eigenvalue weighted by Crippen LogP contribution is -2.55. The van der Waals surface area contributed by atoms with E-state index in [0.717, 1.165) is 19.3 Å². The van der Waals surface area contributed by atoms with Gasteiger partial charge in [-0.15, -0.1) is 0 Å². The summed E-state index contributed by atoms with van der Waals surface area (Å²) in [5.41, 5.74) is 11.5. The minimum absolute atomic E-state index is 0.0521. The van der Waals surface area contributed by atoms with E-state index in [0.29, 0.717) is 29.1 Å².